The Hall–Kier alpha value is -2.44. The molecule has 0 spiro atoms. The fourth-order valence-electron chi connectivity index (χ4n) is 3.78. The predicted molar refractivity (Wildman–Crippen MR) is 90.9 cm³/mol. The lowest BCUT2D eigenvalue weighted by atomic mass is 9.93. The first-order valence-electron chi connectivity index (χ1n) is 8.58. The number of nitrogens with zero attached hydrogens (tertiary/aromatic N) is 4. The number of rotatable bonds is 3. The molecule has 0 radical (unpaired) electrons. The van der Waals surface area contributed by atoms with Gasteiger partial charge in [-0.2, -0.15) is 5.10 Å². The second kappa shape index (κ2) is 5.89. The highest BCUT2D eigenvalue weighted by Crippen LogP contribution is 2.34. The van der Waals surface area contributed by atoms with E-state index >= 15 is 0 Å². The molecule has 0 aromatic carbocycles. The number of anilines is 1. The molecular formula is C17H22N6O. The second-order valence-corrected chi connectivity index (χ2v) is 6.57. The molecule has 1 amide bonds. The summed E-state index contributed by atoms with van der Waals surface area (Å²) in [5.74, 6) is 0.532. The zero-order valence-electron chi connectivity index (χ0n) is 14.1. The van der Waals surface area contributed by atoms with Crippen LogP contribution >= 0.6 is 0 Å². The van der Waals surface area contributed by atoms with Crippen molar-refractivity contribution in [1.82, 2.24) is 25.1 Å². The molecule has 24 heavy (non-hydrogen) atoms. The molecule has 2 aromatic heterocycles. The van der Waals surface area contributed by atoms with Gasteiger partial charge in [-0.25, -0.2) is 9.97 Å². The molecule has 2 heterocycles. The van der Waals surface area contributed by atoms with E-state index in [1.807, 2.05) is 13.2 Å². The van der Waals surface area contributed by atoms with Crippen molar-refractivity contribution in [2.45, 2.75) is 44.6 Å². The van der Waals surface area contributed by atoms with E-state index in [1.54, 1.807) is 11.7 Å². The van der Waals surface area contributed by atoms with Crippen LogP contribution in [0.4, 0.5) is 5.95 Å². The quantitative estimate of drug-likeness (QED) is 0.896. The van der Waals surface area contributed by atoms with Crippen molar-refractivity contribution in [3.8, 4) is 11.4 Å². The molecule has 2 aromatic rings. The highest BCUT2D eigenvalue weighted by atomic mass is 16.1. The Labute approximate surface area is 140 Å². The van der Waals surface area contributed by atoms with Gasteiger partial charge in [0, 0.05) is 31.9 Å². The van der Waals surface area contributed by atoms with Crippen LogP contribution in [-0.4, -0.2) is 38.7 Å². The largest absolute Gasteiger partial charge is 0.354 e. The summed E-state index contributed by atoms with van der Waals surface area (Å²) in [4.78, 5) is 21.3. The zero-order valence-corrected chi connectivity index (χ0v) is 14.1. The number of hydrogen-bond donors (Lipinski definition) is 2. The molecule has 7 heteroatoms. The molecule has 2 N–H and O–H groups in total. The van der Waals surface area contributed by atoms with Crippen LogP contribution in [0.2, 0.25) is 0 Å². The summed E-state index contributed by atoms with van der Waals surface area (Å²) < 4.78 is 1.77. The molecule has 1 fully saturated rings. The number of hydrogen-bond acceptors (Lipinski definition) is 5. The minimum Gasteiger partial charge on any atom is -0.354 e. The van der Waals surface area contributed by atoms with Crippen LogP contribution in [-0.2, 0) is 19.9 Å². The summed E-state index contributed by atoms with van der Waals surface area (Å²) in [6.45, 7) is 0. The highest BCUT2D eigenvalue weighted by Gasteiger charge is 2.28. The number of aryl methyl sites for hydroxylation is 2. The van der Waals surface area contributed by atoms with Crippen molar-refractivity contribution in [3.63, 3.8) is 0 Å². The van der Waals surface area contributed by atoms with Gasteiger partial charge < -0.3 is 10.6 Å². The van der Waals surface area contributed by atoms with E-state index in [9.17, 15) is 4.79 Å². The van der Waals surface area contributed by atoms with E-state index in [0.29, 0.717) is 17.7 Å². The Kier molecular flexibility index (Phi) is 3.70. The molecule has 0 aliphatic heterocycles. The zero-order chi connectivity index (χ0) is 16.7. The van der Waals surface area contributed by atoms with E-state index in [-0.39, 0.29) is 5.91 Å². The standard InChI is InChI=1S/C17H22N6O/c1-18-16(24)14-12-8-7-10-9-19-17(20-11-5-3-4-6-11)21-13(10)15(12)23(2)22-14/h9,11H,3-8H2,1-2H3,(H,18,24)(H,19,20,21). The van der Waals surface area contributed by atoms with Crippen molar-refractivity contribution in [3.05, 3.63) is 23.0 Å². The molecule has 4 rings (SSSR count). The minimum atomic E-state index is -0.145. The van der Waals surface area contributed by atoms with Gasteiger partial charge in [-0.05, 0) is 31.2 Å². The third-order valence-corrected chi connectivity index (χ3v) is 5.01. The van der Waals surface area contributed by atoms with Gasteiger partial charge >= 0.3 is 0 Å². The summed E-state index contributed by atoms with van der Waals surface area (Å²) >= 11 is 0. The van der Waals surface area contributed by atoms with E-state index < -0.39 is 0 Å². The highest BCUT2D eigenvalue weighted by molar-refractivity contribution is 5.95. The van der Waals surface area contributed by atoms with Crippen LogP contribution in [0.1, 0.15) is 47.3 Å². The first-order chi connectivity index (χ1) is 11.7. The topological polar surface area (TPSA) is 84.7 Å². The van der Waals surface area contributed by atoms with Gasteiger partial charge in [0.2, 0.25) is 5.95 Å². The first-order valence-corrected chi connectivity index (χ1v) is 8.58. The molecule has 0 saturated heterocycles. The maximum atomic E-state index is 12.1. The van der Waals surface area contributed by atoms with Crippen LogP contribution in [0, 0.1) is 0 Å². The molecule has 2 aliphatic carbocycles. The number of aromatic nitrogens is 4. The van der Waals surface area contributed by atoms with Gasteiger partial charge in [-0.1, -0.05) is 12.8 Å². The average Bonchev–Trinajstić information content (AvgIpc) is 3.22. The number of fused-ring (bicyclic) bond motifs is 3. The van der Waals surface area contributed by atoms with E-state index in [0.717, 1.165) is 35.4 Å². The lowest BCUT2D eigenvalue weighted by Gasteiger charge is -2.18. The summed E-state index contributed by atoms with van der Waals surface area (Å²) in [6.07, 6.45) is 8.43. The average molecular weight is 326 g/mol. The minimum absolute atomic E-state index is 0.145. The first kappa shape index (κ1) is 15.1. The summed E-state index contributed by atoms with van der Waals surface area (Å²) in [5, 5.41) is 10.5. The Morgan fingerprint density at radius 1 is 1.29 bits per heavy atom. The second-order valence-electron chi connectivity index (χ2n) is 6.57. The predicted octanol–water partition coefficient (Wildman–Crippen LogP) is 1.69. The Bertz CT molecular complexity index is 791. The molecule has 0 unspecified atom stereocenters. The molecule has 0 atom stereocenters. The maximum absolute atomic E-state index is 12.1. The lowest BCUT2D eigenvalue weighted by Crippen LogP contribution is -2.21. The Morgan fingerprint density at radius 3 is 2.83 bits per heavy atom. The number of amides is 1. The molecule has 1 saturated carbocycles. The smallest absolute Gasteiger partial charge is 0.271 e. The summed E-state index contributed by atoms with van der Waals surface area (Å²) in [7, 11) is 3.50. The van der Waals surface area contributed by atoms with Crippen molar-refractivity contribution >= 4 is 11.9 Å². The van der Waals surface area contributed by atoms with E-state index in [2.05, 4.69) is 20.7 Å². The molecule has 7 nitrogen and oxygen atoms in total. The third kappa shape index (κ3) is 2.44. The fourth-order valence-corrected chi connectivity index (χ4v) is 3.78. The van der Waals surface area contributed by atoms with Gasteiger partial charge in [0.1, 0.15) is 0 Å². The number of nitrogens with one attached hydrogen (secondary N) is 2. The number of carbonyl (C=O) groups is 1. The van der Waals surface area contributed by atoms with Gasteiger partial charge in [-0.15, -0.1) is 0 Å². The van der Waals surface area contributed by atoms with Gasteiger partial charge in [0.25, 0.3) is 5.91 Å². The van der Waals surface area contributed by atoms with Crippen LogP contribution < -0.4 is 10.6 Å². The van der Waals surface area contributed by atoms with Crippen LogP contribution in [0.3, 0.4) is 0 Å². The molecule has 126 valence electrons. The van der Waals surface area contributed by atoms with Crippen LogP contribution in [0.15, 0.2) is 6.20 Å². The van der Waals surface area contributed by atoms with Crippen LogP contribution in [0.25, 0.3) is 11.4 Å². The monoisotopic (exact) mass is 326 g/mol. The maximum Gasteiger partial charge on any atom is 0.271 e. The third-order valence-electron chi connectivity index (χ3n) is 5.01. The lowest BCUT2D eigenvalue weighted by molar-refractivity contribution is 0.0956. The fraction of sp³-hybridized carbons (Fsp3) is 0.529. The summed E-state index contributed by atoms with van der Waals surface area (Å²) in [5.41, 5.74) is 4.44. The SMILES string of the molecule is CNC(=O)c1nn(C)c2c1CCc1cnc(NC3CCCC3)nc1-2. The molecule has 0 bridgehead atoms. The molecular weight excluding hydrogens is 304 g/mol. The normalized spacial score (nSPS) is 16.6. The van der Waals surface area contributed by atoms with Crippen molar-refractivity contribution in [2.24, 2.45) is 7.05 Å². The molecule has 2 aliphatic rings. The van der Waals surface area contributed by atoms with Gasteiger partial charge in [-0.3, -0.25) is 9.48 Å². The number of carbonyl (C=O) groups excluding carboxylic acids is 1. The Morgan fingerprint density at radius 2 is 2.08 bits per heavy atom. The van der Waals surface area contributed by atoms with Crippen LogP contribution in [0.5, 0.6) is 0 Å². The van der Waals surface area contributed by atoms with Crippen molar-refractivity contribution < 1.29 is 4.79 Å². The van der Waals surface area contributed by atoms with Crippen molar-refractivity contribution in [1.29, 1.82) is 0 Å². The van der Waals surface area contributed by atoms with Gasteiger partial charge in [0.05, 0.1) is 11.4 Å². The Balaban J connectivity index is 1.74. The van der Waals surface area contributed by atoms with E-state index in [1.165, 1.54) is 25.7 Å². The van der Waals surface area contributed by atoms with Gasteiger partial charge in [0.15, 0.2) is 5.69 Å². The summed E-state index contributed by atoms with van der Waals surface area (Å²) in [6, 6.07) is 0.471. The van der Waals surface area contributed by atoms with Crippen molar-refractivity contribution in [2.75, 3.05) is 12.4 Å². The van der Waals surface area contributed by atoms with E-state index in [4.69, 9.17) is 4.98 Å².